The quantitative estimate of drug-likeness (QED) is 0.339. The van der Waals surface area contributed by atoms with Crippen molar-refractivity contribution < 1.29 is 24.5 Å². The summed E-state index contributed by atoms with van der Waals surface area (Å²) in [6.07, 6.45) is 20.2. The van der Waals surface area contributed by atoms with Gasteiger partial charge in [0.15, 0.2) is 0 Å². The van der Waals surface area contributed by atoms with Gasteiger partial charge in [-0.3, -0.25) is 0 Å². The zero-order valence-corrected chi connectivity index (χ0v) is 23.1. The number of fused-ring (bicyclic) bond motifs is 2. The fourth-order valence-electron chi connectivity index (χ4n) is 5.60. The van der Waals surface area contributed by atoms with Crippen molar-refractivity contribution in [3.05, 3.63) is 60.3 Å². The lowest BCUT2D eigenvalue weighted by atomic mass is 9.82. The molecule has 5 nitrogen and oxygen atoms in total. The first-order chi connectivity index (χ1) is 17.7. The molecule has 0 aromatic heterocycles. The molecular formula is C32H48O5. The number of aliphatic hydroxyl groups excluding tert-OH is 2. The highest BCUT2D eigenvalue weighted by atomic mass is 16.6. The minimum absolute atomic E-state index is 0.0277. The Labute approximate surface area is 224 Å². The largest absolute Gasteiger partial charge is 0.456 e. The van der Waals surface area contributed by atoms with Crippen LogP contribution in [0.2, 0.25) is 0 Å². The smallest absolute Gasteiger partial charge is 0.330 e. The third-order valence-electron chi connectivity index (χ3n) is 8.21. The number of carbonyl (C=O) groups excluding carboxylic acids is 1. The van der Waals surface area contributed by atoms with Crippen LogP contribution in [0.3, 0.4) is 0 Å². The van der Waals surface area contributed by atoms with Gasteiger partial charge in [0.1, 0.15) is 12.2 Å². The summed E-state index contributed by atoms with van der Waals surface area (Å²) in [5.41, 5.74) is 2.43. The first kappa shape index (κ1) is 29.6. The summed E-state index contributed by atoms with van der Waals surface area (Å²) >= 11 is 0. The lowest BCUT2D eigenvalue weighted by Gasteiger charge is -2.30. The normalized spacial score (nSPS) is 36.8. The van der Waals surface area contributed by atoms with Crippen molar-refractivity contribution >= 4 is 5.97 Å². The Morgan fingerprint density at radius 3 is 2.70 bits per heavy atom. The van der Waals surface area contributed by atoms with Crippen molar-refractivity contribution in [2.24, 2.45) is 17.8 Å². The van der Waals surface area contributed by atoms with E-state index in [-0.39, 0.29) is 24.0 Å². The molecule has 5 unspecified atom stereocenters. The highest BCUT2D eigenvalue weighted by molar-refractivity contribution is 5.82. The van der Waals surface area contributed by atoms with E-state index in [0.29, 0.717) is 25.2 Å². The Bertz CT molecular complexity index is 868. The summed E-state index contributed by atoms with van der Waals surface area (Å²) in [4.78, 5) is 12.7. The molecule has 0 spiro atoms. The summed E-state index contributed by atoms with van der Waals surface area (Å²) < 4.78 is 12.0. The van der Waals surface area contributed by atoms with Crippen LogP contribution in [0.1, 0.15) is 85.0 Å². The molecule has 1 aliphatic carbocycles. The molecule has 8 atom stereocenters. The van der Waals surface area contributed by atoms with Gasteiger partial charge in [-0.2, -0.15) is 0 Å². The van der Waals surface area contributed by atoms with Gasteiger partial charge in [0.05, 0.1) is 18.3 Å². The zero-order chi connectivity index (χ0) is 26.8. The van der Waals surface area contributed by atoms with E-state index in [9.17, 15) is 15.0 Å². The summed E-state index contributed by atoms with van der Waals surface area (Å²) in [6.45, 7) is 10.4. The van der Waals surface area contributed by atoms with E-state index in [0.717, 1.165) is 50.5 Å². The second kappa shape index (κ2) is 14.8. The molecule has 3 aliphatic rings. The Morgan fingerprint density at radius 2 is 1.92 bits per heavy atom. The van der Waals surface area contributed by atoms with E-state index in [1.165, 1.54) is 11.6 Å². The van der Waals surface area contributed by atoms with E-state index >= 15 is 0 Å². The Balaban J connectivity index is 1.74. The Hall–Kier alpha value is -1.95. The molecule has 5 heteroatoms. The van der Waals surface area contributed by atoms with Crippen molar-refractivity contribution in [2.75, 3.05) is 0 Å². The lowest BCUT2D eigenvalue weighted by molar-refractivity contribution is -0.148. The van der Waals surface area contributed by atoms with Crippen molar-refractivity contribution in [1.29, 1.82) is 0 Å². The molecule has 3 rings (SSSR count). The second-order valence-corrected chi connectivity index (χ2v) is 11.5. The average Bonchev–Trinajstić information content (AvgIpc) is 2.86. The molecular weight excluding hydrogens is 464 g/mol. The molecule has 0 amide bonds. The maximum Gasteiger partial charge on any atom is 0.330 e. The third kappa shape index (κ3) is 10.0. The van der Waals surface area contributed by atoms with Gasteiger partial charge in [0.25, 0.3) is 0 Å². The minimum atomic E-state index is -0.911. The number of carbonyl (C=O) groups is 1. The maximum atomic E-state index is 12.7. The number of cyclic esters (lactones) is 1. The van der Waals surface area contributed by atoms with Crippen LogP contribution in [0.4, 0.5) is 0 Å². The number of hydrogen-bond acceptors (Lipinski definition) is 5. The first-order valence-electron chi connectivity index (χ1n) is 14.3. The fraction of sp³-hybridized carbons (Fsp3) is 0.656. The third-order valence-corrected chi connectivity index (χ3v) is 8.21. The maximum absolute atomic E-state index is 12.7. The number of esters is 1. The van der Waals surface area contributed by atoms with Gasteiger partial charge in [0, 0.05) is 6.08 Å². The zero-order valence-electron chi connectivity index (χ0n) is 23.1. The van der Waals surface area contributed by atoms with Crippen LogP contribution >= 0.6 is 0 Å². The minimum Gasteiger partial charge on any atom is -0.456 e. The molecule has 2 heterocycles. The van der Waals surface area contributed by atoms with Gasteiger partial charge >= 0.3 is 5.97 Å². The summed E-state index contributed by atoms with van der Waals surface area (Å²) in [5.74, 6) is -0.145. The molecule has 2 bridgehead atoms. The molecule has 0 saturated heterocycles. The van der Waals surface area contributed by atoms with Gasteiger partial charge < -0.3 is 19.7 Å². The average molecular weight is 513 g/mol. The summed E-state index contributed by atoms with van der Waals surface area (Å²) in [7, 11) is 0. The van der Waals surface area contributed by atoms with Crippen molar-refractivity contribution in [2.45, 2.75) is 115 Å². The summed E-state index contributed by atoms with van der Waals surface area (Å²) in [6, 6.07) is 0. The number of ether oxygens (including phenoxy) is 2. The SMILES string of the molecule is C=C1CCC[C@@H]2CC=CC(C/C=C\C(=O)OC(C(O)/C=C/C3C=C(C)CCC3)C[C@H](C)C(C)[C@@H](O)C1)O2. The molecule has 2 N–H and O–H groups in total. The number of aliphatic hydroxyl groups is 2. The van der Waals surface area contributed by atoms with E-state index in [1.54, 1.807) is 12.2 Å². The predicted octanol–water partition coefficient (Wildman–Crippen LogP) is 6.38. The molecule has 37 heavy (non-hydrogen) atoms. The molecule has 0 saturated carbocycles. The predicted molar refractivity (Wildman–Crippen MR) is 149 cm³/mol. The molecule has 206 valence electrons. The van der Waals surface area contributed by atoms with E-state index in [4.69, 9.17) is 9.47 Å². The van der Waals surface area contributed by atoms with Crippen molar-refractivity contribution in [3.8, 4) is 0 Å². The van der Waals surface area contributed by atoms with E-state index < -0.39 is 24.3 Å². The van der Waals surface area contributed by atoms with Crippen LogP contribution < -0.4 is 0 Å². The second-order valence-electron chi connectivity index (χ2n) is 11.5. The lowest BCUT2D eigenvalue weighted by Crippen LogP contribution is -2.35. The standard InChI is InChI=1S/C32H48O5/c1-22-9-5-11-26(19-22)17-18-29(33)31-21-24(3)25(4)30(34)20-23(2)10-6-12-27-13-7-14-28(36-27)15-8-16-32(35)37-31/h7-8,14,16-19,24-31,33-34H,2,5-6,9-13,15,20-21H2,1,3-4H3/b16-8-,18-17+/t24-,25?,26?,27+,28?,29?,30-,31?/m0/s1. The van der Waals surface area contributed by atoms with Crippen molar-refractivity contribution in [3.63, 3.8) is 0 Å². The monoisotopic (exact) mass is 512 g/mol. The van der Waals surface area contributed by atoms with Gasteiger partial charge in [-0.05, 0) is 88.9 Å². The van der Waals surface area contributed by atoms with Crippen LogP contribution in [0.25, 0.3) is 0 Å². The van der Waals surface area contributed by atoms with Gasteiger partial charge in [-0.15, -0.1) is 0 Å². The highest BCUT2D eigenvalue weighted by Gasteiger charge is 2.29. The Morgan fingerprint density at radius 1 is 1.14 bits per heavy atom. The van der Waals surface area contributed by atoms with Crippen molar-refractivity contribution in [1.82, 2.24) is 0 Å². The molecule has 2 aliphatic heterocycles. The molecule has 0 fully saturated rings. The van der Waals surface area contributed by atoms with E-state index in [1.807, 2.05) is 13.0 Å². The van der Waals surface area contributed by atoms with E-state index in [2.05, 4.69) is 38.7 Å². The number of hydrogen-bond donors (Lipinski definition) is 2. The molecule has 0 aromatic carbocycles. The van der Waals surface area contributed by atoms with Gasteiger partial charge in [0.2, 0.25) is 0 Å². The molecule has 0 aromatic rings. The van der Waals surface area contributed by atoms with Gasteiger partial charge in [-0.1, -0.05) is 68.0 Å². The van der Waals surface area contributed by atoms with Crippen LogP contribution in [0.5, 0.6) is 0 Å². The fourth-order valence-corrected chi connectivity index (χ4v) is 5.60. The topological polar surface area (TPSA) is 76.0 Å². The Kier molecular flexibility index (Phi) is 11.9. The highest BCUT2D eigenvalue weighted by Crippen LogP contribution is 2.29. The van der Waals surface area contributed by atoms with Gasteiger partial charge in [-0.25, -0.2) is 4.79 Å². The van der Waals surface area contributed by atoms with Crippen LogP contribution in [0.15, 0.2) is 60.3 Å². The van der Waals surface area contributed by atoms with Crippen LogP contribution in [-0.4, -0.2) is 46.7 Å². The number of allylic oxidation sites excluding steroid dienone is 3. The summed E-state index contributed by atoms with van der Waals surface area (Å²) in [5, 5.41) is 22.0. The molecule has 0 radical (unpaired) electrons. The first-order valence-corrected chi connectivity index (χ1v) is 14.3. The van der Waals surface area contributed by atoms with Crippen LogP contribution in [0, 0.1) is 17.8 Å². The number of rotatable bonds is 3. The van der Waals surface area contributed by atoms with Crippen LogP contribution in [-0.2, 0) is 14.3 Å².